The van der Waals surface area contributed by atoms with Crippen LogP contribution >= 0.6 is 11.6 Å². The lowest BCUT2D eigenvalue weighted by Gasteiger charge is -2.10. The molecule has 1 N–H and O–H groups in total. The van der Waals surface area contributed by atoms with E-state index in [-0.39, 0.29) is 0 Å². The molecular weight excluding hydrogens is 356 g/mol. The van der Waals surface area contributed by atoms with Crippen LogP contribution in [0.25, 0.3) is 5.69 Å². The number of aromatic nitrogens is 3. The fraction of sp³-hybridized carbons (Fsp3) is 0.111. The van der Waals surface area contributed by atoms with Crippen LogP contribution in [0.4, 0.5) is 5.69 Å². The van der Waals surface area contributed by atoms with Crippen molar-refractivity contribution < 1.29 is 4.79 Å². The van der Waals surface area contributed by atoms with Crippen molar-refractivity contribution in [2.24, 2.45) is 7.05 Å². The molecule has 1 amide bonds. The zero-order chi connectivity index (χ0) is 18.8. The van der Waals surface area contributed by atoms with E-state index in [1.165, 1.54) is 7.05 Å². The van der Waals surface area contributed by atoms with Gasteiger partial charge in [0.25, 0.3) is 11.5 Å². The van der Waals surface area contributed by atoms with Gasteiger partial charge in [-0.25, -0.2) is 4.79 Å². The standard InChI is InChI=1S/C18H15ClN4O3/c1-11-7-9-12(10-8-11)23-18(26)22(2)17(25)15(21-23)16(24)20-14-6-4-3-5-13(14)19/h3-10H,1-2H3,(H,20,24). The van der Waals surface area contributed by atoms with E-state index < -0.39 is 22.9 Å². The maximum absolute atomic E-state index is 12.5. The monoisotopic (exact) mass is 370 g/mol. The number of amides is 1. The molecule has 0 aliphatic heterocycles. The smallest absolute Gasteiger partial charge is 0.319 e. The molecule has 2 aromatic carbocycles. The van der Waals surface area contributed by atoms with Gasteiger partial charge in [0, 0.05) is 7.05 Å². The number of nitrogens with one attached hydrogen (secondary N) is 1. The second-order valence-electron chi connectivity index (χ2n) is 5.68. The van der Waals surface area contributed by atoms with Gasteiger partial charge in [-0.05, 0) is 31.2 Å². The van der Waals surface area contributed by atoms with Crippen LogP contribution in [0.2, 0.25) is 5.02 Å². The first-order chi connectivity index (χ1) is 12.4. The molecule has 26 heavy (non-hydrogen) atoms. The van der Waals surface area contributed by atoms with E-state index in [0.29, 0.717) is 16.4 Å². The minimum atomic E-state index is -0.789. The molecule has 0 saturated carbocycles. The highest BCUT2D eigenvalue weighted by molar-refractivity contribution is 6.33. The number of hydrogen-bond acceptors (Lipinski definition) is 4. The van der Waals surface area contributed by atoms with Crippen molar-refractivity contribution in [1.82, 2.24) is 14.3 Å². The Hall–Kier alpha value is -3.19. The van der Waals surface area contributed by atoms with Gasteiger partial charge in [0.15, 0.2) is 0 Å². The van der Waals surface area contributed by atoms with Gasteiger partial charge in [-0.15, -0.1) is 0 Å². The molecule has 0 fully saturated rings. The summed E-state index contributed by atoms with van der Waals surface area (Å²) >= 11 is 6.02. The number of nitrogens with zero attached hydrogens (tertiary/aromatic N) is 3. The van der Waals surface area contributed by atoms with Crippen molar-refractivity contribution in [3.05, 3.63) is 85.6 Å². The van der Waals surface area contributed by atoms with E-state index in [0.717, 1.165) is 14.8 Å². The lowest BCUT2D eigenvalue weighted by molar-refractivity contribution is 0.101. The first-order valence-electron chi connectivity index (χ1n) is 7.72. The molecule has 7 nitrogen and oxygen atoms in total. The quantitative estimate of drug-likeness (QED) is 0.765. The topological polar surface area (TPSA) is 86.0 Å². The molecule has 0 spiro atoms. The molecule has 1 aromatic heterocycles. The first-order valence-corrected chi connectivity index (χ1v) is 8.09. The Morgan fingerprint density at radius 1 is 1.08 bits per heavy atom. The molecule has 0 radical (unpaired) electrons. The summed E-state index contributed by atoms with van der Waals surface area (Å²) in [4.78, 5) is 37.2. The predicted octanol–water partition coefficient (Wildman–Crippen LogP) is 2.15. The maximum atomic E-state index is 12.5. The van der Waals surface area contributed by atoms with Gasteiger partial charge in [-0.3, -0.25) is 14.2 Å². The molecule has 0 saturated heterocycles. The molecular formula is C18H15ClN4O3. The normalized spacial score (nSPS) is 10.6. The van der Waals surface area contributed by atoms with Gasteiger partial charge >= 0.3 is 5.69 Å². The van der Waals surface area contributed by atoms with Crippen LogP contribution in [0.1, 0.15) is 16.1 Å². The van der Waals surface area contributed by atoms with Gasteiger partial charge in [-0.2, -0.15) is 9.78 Å². The van der Waals surface area contributed by atoms with Crippen molar-refractivity contribution in [2.45, 2.75) is 6.92 Å². The number of hydrogen-bond donors (Lipinski definition) is 1. The van der Waals surface area contributed by atoms with Crippen LogP contribution in [-0.2, 0) is 7.05 Å². The van der Waals surface area contributed by atoms with Gasteiger partial charge in [0.05, 0.1) is 16.4 Å². The number of halogens is 1. The Labute approximate surface area is 153 Å². The van der Waals surface area contributed by atoms with E-state index in [2.05, 4.69) is 10.4 Å². The van der Waals surface area contributed by atoms with Crippen LogP contribution < -0.4 is 16.6 Å². The fourth-order valence-electron chi connectivity index (χ4n) is 2.31. The number of rotatable bonds is 3. The van der Waals surface area contributed by atoms with E-state index in [4.69, 9.17) is 11.6 Å². The number of benzene rings is 2. The third-order valence-corrected chi connectivity index (χ3v) is 4.12. The van der Waals surface area contributed by atoms with Gasteiger partial charge in [0.1, 0.15) is 0 Å². The zero-order valence-corrected chi connectivity index (χ0v) is 14.8. The number of aryl methyl sites for hydroxylation is 1. The average molecular weight is 371 g/mol. The van der Waals surface area contributed by atoms with Crippen LogP contribution in [0.15, 0.2) is 58.1 Å². The summed E-state index contributed by atoms with van der Waals surface area (Å²) in [6.45, 7) is 1.91. The SMILES string of the molecule is Cc1ccc(-n2nc(C(=O)Nc3ccccc3Cl)c(=O)n(C)c2=O)cc1. The van der Waals surface area contributed by atoms with Crippen molar-refractivity contribution in [3.8, 4) is 5.69 Å². The van der Waals surface area contributed by atoms with Crippen LogP contribution in [0, 0.1) is 6.92 Å². The average Bonchev–Trinajstić information content (AvgIpc) is 2.63. The highest BCUT2D eigenvalue weighted by Crippen LogP contribution is 2.20. The molecule has 0 unspecified atom stereocenters. The minimum absolute atomic E-state index is 0.324. The van der Waals surface area contributed by atoms with Gasteiger partial charge in [-0.1, -0.05) is 41.4 Å². The lowest BCUT2D eigenvalue weighted by Crippen LogP contribution is -2.43. The fourth-order valence-corrected chi connectivity index (χ4v) is 2.50. The summed E-state index contributed by atoms with van der Waals surface area (Å²) in [7, 11) is 1.29. The third kappa shape index (κ3) is 3.29. The van der Waals surface area contributed by atoms with E-state index >= 15 is 0 Å². The molecule has 0 bridgehead atoms. The molecule has 8 heteroatoms. The minimum Gasteiger partial charge on any atom is -0.319 e. The van der Waals surface area contributed by atoms with Crippen molar-refractivity contribution in [1.29, 1.82) is 0 Å². The van der Waals surface area contributed by atoms with Crippen LogP contribution in [0.5, 0.6) is 0 Å². The molecule has 132 valence electrons. The summed E-state index contributed by atoms with van der Waals surface area (Å²) in [5.74, 6) is -0.750. The summed E-state index contributed by atoms with van der Waals surface area (Å²) in [6, 6.07) is 13.6. The predicted molar refractivity (Wildman–Crippen MR) is 99.2 cm³/mol. The Morgan fingerprint density at radius 2 is 1.73 bits per heavy atom. The van der Waals surface area contributed by atoms with Crippen LogP contribution in [-0.4, -0.2) is 20.3 Å². The molecule has 3 aromatic rings. The maximum Gasteiger partial charge on any atom is 0.351 e. The number of anilines is 1. The summed E-state index contributed by atoms with van der Waals surface area (Å²) in [6.07, 6.45) is 0. The molecule has 0 aliphatic carbocycles. The van der Waals surface area contributed by atoms with Gasteiger partial charge in [0.2, 0.25) is 5.69 Å². The Bertz CT molecular complexity index is 1100. The van der Waals surface area contributed by atoms with Crippen molar-refractivity contribution in [2.75, 3.05) is 5.32 Å². The largest absolute Gasteiger partial charge is 0.351 e. The number of para-hydroxylation sites is 1. The lowest BCUT2D eigenvalue weighted by atomic mass is 10.2. The first kappa shape index (κ1) is 17.6. The van der Waals surface area contributed by atoms with E-state index in [1.807, 2.05) is 6.92 Å². The second kappa shape index (κ2) is 6.97. The molecule has 0 aliphatic rings. The van der Waals surface area contributed by atoms with Crippen LogP contribution in [0.3, 0.4) is 0 Å². The van der Waals surface area contributed by atoms with Crippen molar-refractivity contribution >= 4 is 23.2 Å². The Morgan fingerprint density at radius 3 is 2.38 bits per heavy atom. The summed E-state index contributed by atoms with van der Waals surface area (Å²) in [5, 5.41) is 6.84. The third-order valence-electron chi connectivity index (χ3n) is 3.79. The van der Waals surface area contributed by atoms with E-state index in [1.54, 1.807) is 48.5 Å². The molecule has 1 heterocycles. The number of carbonyl (C=O) groups excluding carboxylic acids is 1. The van der Waals surface area contributed by atoms with E-state index in [9.17, 15) is 14.4 Å². The summed E-state index contributed by atoms with van der Waals surface area (Å²) in [5.41, 5.74) is -0.0499. The summed E-state index contributed by atoms with van der Waals surface area (Å²) < 4.78 is 1.86. The second-order valence-corrected chi connectivity index (χ2v) is 6.08. The highest BCUT2D eigenvalue weighted by Gasteiger charge is 2.19. The molecule has 0 atom stereocenters. The van der Waals surface area contributed by atoms with Gasteiger partial charge < -0.3 is 5.32 Å². The highest BCUT2D eigenvalue weighted by atomic mass is 35.5. The Balaban J connectivity index is 2.09. The Kier molecular flexibility index (Phi) is 4.73. The molecule has 3 rings (SSSR count). The van der Waals surface area contributed by atoms with Crippen molar-refractivity contribution in [3.63, 3.8) is 0 Å². The zero-order valence-electron chi connectivity index (χ0n) is 14.1. The number of carbonyl (C=O) groups is 1.